The van der Waals surface area contributed by atoms with Gasteiger partial charge in [-0.15, -0.1) is 0 Å². The van der Waals surface area contributed by atoms with E-state index in [-0.39, 0.29) is 29.5 Å². The van der Waals surface area contributed by atoms with Crippen molar-refractivity contribution in [1.82, 2.24) is 10.2 Å². The second-order valence-electron chi connectivity index (χ2n) is 9.72. The molecule has 0 aliphatic heterocycles. The molecule has 1 N–H and O–H groups in total. The van der Waals surface area contributed by atoms with E-state index in [0.29, 0.717) is 17.4 Å². The lowest BCUT2D eigenvalue weighted by molar-refractivity contribution is -0.139. The predicted octanol–water partition coefficient (Wildman–Crippen LogP) is 5.32. The standard InChI is InChI=1S/C33H34ClN3O5S/c1-3-42-29-20-18-28(19-21-29)37(43(40,41)30-12-8-5-9-13-30)24-32(38)36(23-26-14-16-27(34)17-15-26)31(33(39)35-2)22-25-10-6-4-7-11-25/h4-21,31H,3,22-24H2,1-2H3,(H,35,39)/t31-/m0/s1. The van der Waals surface area contributed by atoms with Crippen molar-refractivity contribution >= 4 is 39.1 Å². The zero-order valence-electron chi connectivity index (χ0n) is 24.0. The van der Waals surface area contributed by atoms with Gasteiger partial charge in [-0.05, 0) is 66.6 Å². The van der Waals surface area contributed by atoms with Crippen LogP contribution in [-0.2, 0) is 32.6 Å². The Morgan fingerprint density at radius 1 is 0.837 bits per heavy atom. The summed E-state index contributed by atoms with van der Waals surface area (Å²) in [5.74, 6) is -0.348. The number of hydrogen-bond donors (Lipinski definition) is 1. The maximum absolute atomic E-state index is 14.3. The summed E-state index contributed by atoms with van der Waals surface area (Å²) in [5.41, 5.74) is 1.87. The van der Waals surface area contributed by atoms with Crippen LogP contribution < -0.4 is 14.4 Å². The van der Waals surface area contributed by atoms with Crippen LogP contribution in [0.3, 0.4) is 0 Å². The number of carbonyl (C=O) groups excluding carboxylic acids is 2. The number of carbonyl (C=O) groups is 2. The summed E-state index contributed by atoms with van der Waals surface area (Å²) in [4.78, 5) is 29.1. The summed E-state index contributed by atoms with van der Waals surface area (Å²) in [7, 11) is -2.66. The van der Waals surface area contributed by atoms with E-state index in [1.54, 1.807) is 66.7 Å². The van der Waals surface area contributed by atoms with Crippen molar-refractivity contribution in [2.24, 2.45) is 0 Å². The number of nitrogens with zero attached hydrogens (tertiary/aromatic N) is 2. The molecule has 4 aromatic carbocycles. The molecule has 1 atom stereocenters. The number of anilines is 1. The Kier molecular flexibility index (Phi) is 10.8. The van der Waals surface area contributed by atoms with Gasteiger partial charge >= 0.3 is 0 Å². The molecule has 2 amide bonds. The summed E-state index contributed by atoms with van der Waals surface area (Å²) in [6, 6.07) is 29.9. The molecule has 10 heteroatoms. The highest BCUT2D eigenvalue weighted by molar-refractivity contribution is 7.92. The van der Waals surface area contributed by atoms with Gasteiger partial charge in [0.2, 0.25) is 11.8 Å². The summed E-state index contributed by atoms with van der Waals surface area (Å²) in [5, 5.41) is 3.21. The van der Waals surface area contributed by atoms with Crippen LogP contribution in [0, 0.1) is 0 Å². The molecule has 224 valence electrons. The summed E-state index contributed by atoms with van der Waals surface area (Å²) < 4.78 is 34.6. The van der Waals surface area contributed by atoms with Crippen molar-refractivity contribution in [2.75, 3.05) is 24.5 Å². The van der Waals surface area contributed by atoms with Gasteiger partial charge in [0.1, 0.15) is 18.3 Å². The van der Waals surface area contributed by atoms with Gasteiger partial charge < -0.3 is 15.0 Å². The fraction of sp³-hybridized carbons (Fsp3) is 0.212. The summed E-state index contributed by atoms with van der Waals surface area (Å²) in [6.45, 7) is 1.82. The number of halogens is 1. The number of sulfonamides is 1. The minimum absolute atomic E-state index is 0.0353. The summed E-state index contributed by atoms with van der Waals surface area (Å²) >= 11 is 6.10. The van der Waals surface area contributed by atoms with Crippen LogP contribution in [0.25, 0.3) is 0 Å². The Balaban J connectivity index is 1.77. The van der Waals surface area contributed by atoms with E-state index < -0.39 is 28.5 Å². The van der Waals surface area contributed by atoms with Crippen LogP contribution in [0.1, 0.15) is 18.1 Å². The van der Waals surface area contributed by atoms with Crippen molar-refractivity contribution in [3.8, 4) is 5.75 Å². The zero-order valence-corrected chi connectivity index (χ0v) is 25.6. The van der Waals surface area contributed by atoms with Crippen LogP contribution in [0.15, 0.2) is 114 Å². The first-order valence-corrected chi connectivity index (χ1v) is 15.6. The molecule has 0 spiro atoms. The van der Waals surface area contributed by atoms with Crippen molar-refractivity contribution in [2.45, 2.75) is 30.8 Å². The molecule has 4 rings (SSSR count). The highest BCUT2D eigenvalue weighted by Crippen LogP contribution is 2.27. The highest BCUT2D eigenvalue weighted by atomic mass is 35.5. The van der Waals surface area contributed by atoms with Crippen molar-refractivity contribution in [3.63, 3.8) is 0 Å². The third-order valence-electron chi connectivity index (χ3n) is 6.83. The van der Waals surface area contributed by atoms with E-state index in [9.17, 15) is 18.0 Å². The van der Waals surface area contributed by atoms with Gasteiger partial charge in [0.25, 0.3) is 10.0 Å². The molecule has 0 saturated heterocycles. The molecular formula is C33H34ClN3O5S. The van der Waals surface area contributed by atoms with Crippen molar-refractivity contribution < 1.29 is 22.7 Å². The second-order valence-corrected chi connectivity index (χ2v) is 12.0. The zero-order chi connectivity index (χ0) is 30.8. The number of hydrogen-bond acceptors (Lipinski definition) is 5. The van der Waals surface area contributed by atoms with E-state index in [2.05, 4.69) is 5.32 Å². The van der Waals surface area contributed by atoms with Gasteiger partial charge in [0.05, 0.1) is 17.2 Å². The average molecular weight is 620 g/mol. The van der Waals surface area contributed by atoms with E-state index in [1.165, 1.54) is 24.1 Å². The van der Waals surface area contributed by atoms with Gasteiger partial charge in [0, 0.05) is 25.0 Å². The van der Waals surface area contributed by atoms with Gasteiger partial charge in [-0.3, -0.25) is 13.9 Å². The maximum Gasteiger partial charge on any atom is 0.264 e. The van der Waals surface area contributed by atoms with E-state index in [4.69, 9.17) is 16.3 Å². The minimum atomic E-state index is -4.17. The predicted molar refractivity (Wildman–Crippen MR) is 169 cm³/mol. The Hall–Kier alpha value is -4.34. The largest absolute Gasteiger partial charge is 0.494 e. The fourth-order valence-corrected chi connectivity index (χ4v) is 6.19. The van der Waals surface area contributed by atoms with Gasteiger partial charge in [-0.2, -0.15) is 0 Å². The molecule has 0 unspecified atom stereocenters. The van der Waals surface area contributed by atoms with Crippen molar-refractivity contribution in [3.05, 3.63) is 125 Å². The molecule has 0 bridgehead atoms. The number of likely N-dealkylation sites (N-methyl/N-ethyl adjacent to an activating group) is 1. The maximum atomic E-state index is 14.3. The molecular weight excluding hydrogens is 586 g/mol. The van der Waals surface area contributed by atoms with Crippen LogP contribution in [0.4, 0.5) is 5.69 Å². The van der Waals surface area contributed by atoms with Crippen LogP contribution in [-0.4, -0.2) is 51.4 Å². The smallest absolute Gasteiger partial charge is 0.264 e. The molecule has 8 nitrogen and oxygen atoms in total. The van der Waals surface area contributed by atoms with Crippen LogP contribution >= 0.6 is 11.6 Å². The SMILES string of the molecule is CCOc1ccc(N(CC(=O)N(Cc2ccc(Cl)cc2)[C@@H](Cc2ccccc2)C(=O)NC)S(=O)(=O)c2ccccc2)cc1. The lowest BCUT2D eigenvalue weighted by atomic mass is 10.0. The third kappa shape index (κ3) is 8.15. The number of benzene rings is 4. The number of ether oxygens (including phenoxy) is 1. The third-order valence-corrected chi connectivity index (χ3v) is 8.87. The molecule has 0 aliphatic rings. The van der Waals surface area contributed by atoms with Crippen LogP contribution in [0.5, 0.6) is 5.75 Å². The molecule has 4 aromatic rings. The number of nitrogens with one attached hydrogen (secondary N) is 1. The van der Waals surface area contributed by atoms with Crippen molar-refractivity contribution in [1.29, 1.82) is 0 Å². The molecule has 0 radical (unpaired) electrons. The fourth-order valence-electron chi connectivity index (χ4n) is 4.63. The Bertz CT molecular complexity index is 1600. The average Bonchev–Trinajstić information content (AvgIpc) is 3.03. The van der Waals surface area contributed by atoms with E-state index >= 15 is 0 Å². The number of amides is 2. The minimum Gasteiger partial charge on any atom is -0.494 e. The van der Waals surface area contributed by atoms with Gasteiger partial charge in [-0.25, -0.2) is 8.42 Å². The Morgan fingerprint density at radius 3 is 2.02 bits per heavy atom. The first-order chi connectivity index (χ1) is 20.7. The lowest BCUT2D eigenvalue weighted by Crippen LogP contribution is -2.53. The summed E-state index contributed by atoms with van der Waals surface area (Å²) in [6.07, 6.45) is 0.230. The molecule has 0 aliphatic carbocycles. The number of rotatable bonds is 13. The molecule has 0 fully saturated rings. The van der Waals surface area contributed by atoms with E-state index in [1.807, 2.05) is 37.3 Å². The quantitative estimate of drug-likeness (QED) is 0.219. The monoisotopic (exact) mass is 619 g/mol. The van der Waals surface area contributed by atoms with E-state index in [0.717, 1.165) is 15.4 Å². The normalized spacial score (nSPS) is 11.8. The molecule has 0 heterocycles. The first kappa shape index (κ1) is 31.6. The Morgan fingerprint density at radius 2 is 1.44 bits per heavy atom. The highest BCUT2D eigenvalue weighted by Gasteiger charge is 2.34. The second kappa shape index (κ2) is 14.7. The topological polar surface area (TPSA) is 96.0 Å². The molecule has 0 saturated carbocycles. The molecule has 43 heavy (non-hydrogen) atoms. The lowest BCUT2D eigenvalue weighted by Gasteiger charge is -2.33. The first-order valence-electron chi connectivity index (χ1n) is 13.8. The molecule has 0 aromatic heterocycles. The van der Waals surface area contributed by atoms with Gasteiger partial charge in [-0.1, -0.05) is 72.3 Å². The van der Waals surface area contributed by atoms with Gasteiger partial charge in [0.15, 0.2) is 0 Å². The Labute approximate surface area is 257 Å². The van der Waals surface area contributed by atoms with Crippen LogP contribution in [0.2, 0.25) is 5.02 Å².